The van der Waals surface area contributed by atoms with Crippen LogP contribution < -0.4 is 5.32 Å². The number of aryl methyl sites for hydroxylation is 2. The molecule has 1 aromatic heterocycles. The highest BCUT2D eigenvalue weighted by Gasteiger charge is 2.27. The van der Waals surface area contributed by atoms with Gasteiger partial charge in [0.1, 0.15) is 5.82 Å². The number of fused-ring (bicyclic) bond motifs is 1. The first kappa shape index (κ1) is 14.6. The van der Waals surface area contributed by atoms with Gasteiger partial charge in [-0.1, -0.05) is 43.2 Å². The van der Waals surface area contributed by atoms with Crippen LogP contribution in [0.2, 0.25) is 0 Å². The van der Waals surface area contributed by atoms with Gasteiger partial charge in [0.2, 0.25) is 0 Å². The number of halogens is 1. The Hall–Kier alpha value is -1.29. The fourth-order valence-corrected chi connectivity index (χ4v) is 4.00. The van der Waals surface area contributed by atoms with E-state index in [0.29, 0.717) is 12.0 Å². The number of hydrogen-bond acceptors (Lipinski definition) is 2. The summed E-state index contributed by atoms with van der Waals surface area (Å²) in [6, 6.07) is 7.13. The van der Waals surface area contributed by atoms with E-state index >= 15 is 0 Å². The summed E-state index contributed by atoms with van der Waals surface area (Å²) in [5, 5.41) is 8.36. The third kappa shape index (κ3) is 2.61. The van der Waals surface area contributed by atoms with E-state index in [1.165, 1.54) is 16.7 Å². The van der Waals surface area contributed by atoms with Gasteiger partial charge in [-0.25, -0.2) is 4.68 Å². The van der Waals surface area contributed by atoms with E-state index in [2.05, 4.69) is 71.8 Å². The summed E-state index contributed by atoms with van der Waals surface area (Å²) < 4.78 is 3.28. The van der Waals surface area contributed by atoms with Gasteiger partial charge in [0.25, 0.3) is 0 Å². The van der Waals surface area contributed by atoms with Crippen LogP contribution in [0.15, 0.2) is 22.7 Å². The zero-order chi connectivity index (χ0) is 15.1. The van der Waals surface area contributed by atoms with Crippen molar-refractivity contribution in [2.24, 2.45) is 0 Å². The number of rotatable bonds is 2. The molecule has 0 fully saturated rings. The van der Waals surface area contributed by atoms with Crippen LogP contribution in [0.3, 0.4) is 0 Å². The predicted octanol–water partition coefficient (Wildman–Crippen LogP) is 4.79. The Balaban J connectivity index is 2.10. The van der Waals surface area contributed by atoms with Gasteiger partial charge in [-0.2, -0.15) is 5.10 Å². The van der Waals surface area contributed by atoms with E-state index in [1.54, 1.807) is 0 Å². The third-order valence-electron chi connectivity index (χ3n) is 4.06. The molecular formula is C17H22BrN3. The molecule has 0 saturated carbocycles. The summed E-state index contributed by atoms with van der Waals surface area (Å²) in [5.41, 5.74) is 5.13. The van der Waals surface area contributed by atoms with Crippen molar-refractivity contribution in [1.29, 1.82) is 0 Å². The first-order valence-electron chi connectivity index (χ1n) is 7.57. The van der Waals surface area contributed by atoms with E-state index in [0.717, 1.165) is 29.0 Å². The lowest BCUT2D eigenvalue weighted by Crippen LogP contribution is -2.24. The van der Waals surface area contributed by atoms with Crippen LogP contribution >= 0.6 is 15.9 Å². The molecule has 0 amide bonds. The summed E-state index contributed by atoms with van der Waals surface area (Å²) >= 11 is 3.72. The standard InChI is InChI=1S/C17H22BrN3/c1-10(2)16-15(18)17-19-6-5-14(21(17)20-16)13-8-11(3)7-12(4)9-13/h7-10,14,19H,5-6H2,1-4H3. The Bertz CT molecular complexity index is 653. The average Bonchev–Trinajstić information content (AvgIpc) is 2.75. The fourth-order valence-electron chi connectivity index (χ4n) is 3.14. The zero-order valence-corrected chi connectivity index (χ0v) is 14.7. The second-order valence-electron chi connectivity index (χ2n) is 6.30. The maximum atomic E-state index is 4.87. The van der Waals surface area contributed by atoms with Crippen molar-refractivity contribution in [3.63, 3.8) is 0 Å². The quantitative estimate of drug-likeness (QED) is 0.846. The Labute approximate surface area is 134 Å². The van der Waals surface area contributed by atoms with Crippen LogP contribution in [0.4, 0.5) is 5.82 Å². The van der Waals surface area contributed by atoms with Crippen molar-refractivity contribution >= 4 is 21.7 Å². The van der Waals surface area contributed by atoms with Crippen molar-refractivity contribution in [2.45, 2.75) is 46.1 Å². The number of aromatic nitrogens is 2. The maximum absolute atomic E-state index is 4.87. The maximum Gasteiger partial charge on any atom is 0.139 e. The van der Waals surface area contributed by atoms with Crippen molar-refractivity contribution in [1.82, 2.24) is 9.78 Å². The Morgan fingerprint density at radius 2 is 1.90 bits per heavy atom. The Kier molecular flexibility index (Phi) is 3.82. The molecule has 0 radical (unpaired) electrons. The molecule has 2 heterocycles. The van der Waals surface area contributed by atoms with Crippen molar-refractivity contribution in [2.75, 3.05) is 11.9 Å². The second kappa shape index (κ2) is 5.48. The van der Waals surface area contributed by atoms with Gasteiger partial charge < -0.3 is 5.32 Å². The molecule has 1 N–H and O–H groups in total. The smallest absolute Gasteiger partial charge is 0.139 e. The summed E-state index contributed by atoms with van der Waals surface area (Å²) in [6.45, 7) is 9.68. The zero-order valence-electron chi connectivity index (χ0n) is 13.1. The minimum atomic E-state index is 0.323. The molecule has 1 aliphatic heterocycles. The lowest BCUT2D eigenvalue weighted by Gasteiger charge is -2.26. The van der Waals surface area contributed by atoms with Gasteiger partial charge in [0, 0.05) is 6.54 Å². The molecule has 112 valence electrons. The van der Waals surface area contributed by atoms with Crippen molar-refractivity contribution in [3.8, 4) is 0 Å². The normalized spacial score (nSPS) is 17.7. The minimum Gasteiger partial charge on any atom is -0.369 e. The Morgan fingerprint density at radius 1 is 1.24 bits per heavy atom. The van der Waals surface area contributed by atoms with Gasteiger partial charge in [0.05, 0.1) is 16.2 Å². The fraction of sp³-hybridized carbons (Fsp3) is 0.471. The molecule has 4 heteroatoms. The van der Waals surface area contributed by atoms with E-state index in [4.69, 9.17) is 5.10 Å². The van der Waals surface area contributed by atoms with Gasteiger partial charge >= 0.3 is 0 Å². The lowest BCUT2D eigenvalue weighted by molar-refractivity contribution is 0.475. The highest BCUT2D eigenvalue weighted by Crippen LogP contribution is 2.38. The lowest BCUT2D eigenvalue weighted by atomic mass is 9.98. The second-order valence-corrected chi connectivity index (χ2v) is 7.09. The molecule has 3 rings (SSSR count). The van der Waals surface area contributed by atoms with Gasteiger partial charge in [-0.3, -0.25) is 0 Å². The van der Waals surface area contributed by atoms with Gasteiger partial charge in [0.15, 0.2) is 0 Å². The molecule has 21 heavy (non-hydrogen) atoms. The van der Waals surface area contributed by atoms with Gasteiger partial charge in [-0.05, 0) is 47.7 Å². The number of anilines is 1. The summed E-state index contributed by atoms with van der Waals surface area (Å²) in [6.07, 6.45) is 1.07. The van der Waals surface area contributed by atoms with Crippen LogP contribution in [0, 0.1) is 13.8 Å². The third-order valence-corrected chi connectivity index (χ3v) is 4.84. The SMILES string of the molecule is Cc1cc(C)cc(C2CCNc3c(Br)c(C(C)C)nn32)c1. The van der Waals surface area contributed by atoms with E-state index < -0.39 is 0 Å². The molecule has 2 aromatic rings. The highest BCUT2D eigenvalue weighted by molar-refractivity contribution is 9.10. The minimum absolute atomic E-state index is 0.323. The first-order chi connectivity index (χ1) is 9.97. The predicted molar refractivity (Wildman–Crippen MR) is 91.2 cm³/mol. The molecular weight excluding hydrogens is 326 g/mol. The highest BCUT2D eigenvalue weighted by atomic mass is 79.9. The molecule has 0 aliphatic carbocycles. The monoisotopic (exact) mass is 347 g/mol. The van der Waals surface area contributed by atoms with Crippen molar-refractivity contribution in [3.05, 3.63) is 45.1 Å². The number of benzene rings is 1. The number of nitrogens with zero attached hydrogens (tertiary/aromatic N) is 2. The van der Waals surface area contributed by atoms with E-state index in [9.17, 15) is 0 Å². The molecule has 0 bridgehead atoms. The Morgan fingerprint density at radius 3 is 2.52 bits per heavy atom. The van der Waals surface area contributed by atoms with E-state index in [1.807, 2.05) is 0 Å². The van der Waals surface area contributed by atoms with Crippen LogP contribution in [-0.4, -0.2) is 16.3 Å². The number of nitrogens with one attached hydrogen (secondary N) is 1. The molecule has 1 aromatic carbocycles. The van der Waals surface area contributed by atoms with Crippen LogP contribution in [0.1, 0.15) is 54.6 Å². The van der Waals surface area contributed by atoms with Crippen molar-refractivity contribution < 1.29 is 0 Å². The van der Waals surface area contributed by atoms with E-state index in [-0.39, 0.29) is 0 Å². The van der Waals surface area contributed by atoms with Crippen LogP contribution in [-0.2, 0) is 0 Å². The number of hydrogen-bond donors (Lipinski definition) is 1. The molecule has 1 unspecified atom stereocenters. The summed E-state index contributed by atoms with van der Waals surface area (Å²) in [4.78, 5) is 0. The largest absolute Gasteiger partial charge is 0.369 e. The summed E-state index contributed by atoms with van der Waals surface area (Å²) in [5.74, 6) is 1.54. The summed E-state index contributed by atoms with van der Waals surface area (Å²) in [7, 11) is 0. The first-order valence-corrected chi connectivity index (χ1v) is 8.36. The molecule has 0 spiro atoms. The van der Waals surface area contributed by atoms with Crippen LogP contribution in [0.5, 0.6) is 0 Å². The molecule has 0 saturated heterocycles. The molecule has 1 aliphatic rings. The van der Waals surface area contributed by atoms with Gasteiger partial charge in [-0.15, -0.1) is 0 Å². The van der Waals surface area contributed by atoms with Crippen LogP contribution in [0.25, 0.3) is 0 Å². The average molecular weight is 348 g/mol. The molecule has 3 nitrogen and oxygen atoms in total. The topological polar surface area (TPSA) is 29.9 Å². The molecule has 1 atom stereocenters.